The number of ketones is 1. The number of fused-ring (bicyclic) bond motifs is 1. The smallest absolute Gasteiger partial charge is 0.173 e. The second-order valence-electron chi connectivity index (χ2n) is 2.42. The first kappa shape index (κ1) is 5.92. The molecule has 0 aliphatic heterocycles. The predicted octanol–water partition coefficient (Wildman–Crippen LogP) is 1.46. The molecule has 0 aromatic carbocycles. The lowest BCUT2D eigenvalue weighted by Gasteiger charge is -1.87. The Morgan fingerprint density at radius 1 is 1.50 bits per heavy atom. The summed E-state index contributed by atoms with van der Waals surface area (Å²) in [6, 6.07) is 0. The van der Waals surface area contributed by atoms with Crippen LogP contribution < -0.4 is 5.73 Å². The average molecular weight is 153 g/mol. The lowest BCUT2D eigenvalue weighted by molar-refractivity contribution is 0.0998. The largest absolute Gasteiger partial charge is 0.398 e. The highest BCUT2D eigenvalue weighted by molar-refractivity contribution is 7.13. The van der Waals surface area contributed by atoms with E-state index >= 15 is 0 Å². The van der Waals surface area contributed by atoms with E-state index in [0.717, 1.165) is 22.5 Å². The van der Waals surface area contributed by atoms with Gasteiger partial charge in [0, 0.05) is 17.5 Å². The van der Waals surface area contributed by atoms with Crippen LogP contribution in [-0.2, 0) is 6.42 Å². The molecule has 0 bridgehead atoms. The number of carbonyl (C=O) groups excluding carboxylic acids is 1. The minimum Gasteiger partial charge on any atom is -0.398 e. The van der Waals surface area contributed by atoms with Crippen molar-refractivity contribution in [1.29, 1.82) is 0 Å². The van der Waals surface area contributed by atoms with Crippen molar-refractivity contribution in [3.63, 3.8) is 0 Å². The zero-order chi connectivity index (χ0) is 7.14. The van der Waals surface area contributed by atoms with E-state index in [1.54, 1.807) is 0 Å². The molecule has 0 saturated heterocycles. The van der Waals surface area contributed by atoms with Crippen LogP contribution in [0.5, 0.6) is 0 Å². The van der Waals surface area contributed by atoms with Gasteiger partial charge in [-0.25, -0.2) is 0 Å². The summed E-state index contributed by atoms with van der Waals surface area (Å²) in [6.07, 6.45) is 1.51. The summed E-state index contributed by atoms with van der Waals surface area (Å²) in [4.78, 5) is 11.9. The SMILES string of the molecule is Nc1csc2c1CCC2=O. The highest BCUT2D eigenvalue weighted by Gasteiger charge is 2.22. The summed E-state index contributed by atoms with van der Waals surface area (Å²) in [5.74, 6) is 0.261. The normalized spacial score (nSPS) is 15.8. The molecule has 1 aliphatic carbocycles. The zero-order valence-electron chi connectivity index (χ0n) is 5.39. The first-order chi connectivity index (χ1) is 4.79. The Labute approximate surface area is 62.7 Å². The van der Waals surface area contributed by atoms with Crippen LogP contribution in [0.2, 0.25) is 0 Å². The molecule has 52 valence electrons. The van der Waals surface area contributed by atoms with Gasteiger partial charge in [-0.3, -0.25) is 4.79 Å². The van der Waals surface area contributed by atoms with Crippen LogP contribution in [0.3, 0.4) is 0 Å². The fraction of sp³-hybridized carbons (Fsp3) is 0.286. The molecule has 0 spiro atoms. The molecule has 1 aromatic heterocycles. The van der Waals surface area contributed by atoms with Crippen LogP contribution in [0.25, 0.3) is 0 Å². The van der Waals surface area contributed by atoms with Crippen molar-refractivity contribution in [3.8, 4) is 0 Å². The molecule has 1 aromatic rings. The quantitative estimate of drug-likeness (QED) is 0.613. The maximum atomic E-state index is 11.0. The number of Topliss-reactive ketones (excluding diaryl/α,β-unsaturated/α-hetero) is 1. The van der Waals surface area contributed by atoms with Gasteiger partial charge >= 0.3 is 0 Å². The third kappa shape index (κ3) is 0.609. The maximum absolute atomic E-state index is 11.0. The summed E-state index contributed by atoms with van der Waals surface area (Å²) in [7, 11) is 0. The Hall–Kier alpha value is -0.830. The van der Waals surface area contributed by atoms with Crippen molar-refractivity contribution in [1.82, 2.24) is 0 Å². The van der Waals surface area contributed by atoms with Crippen LogP contribution in [0.4, 0.5) is 5.69 Å². The summed E-state index contributed by atoms with van der Waals surface area (Å²) in [5, 5.41) is 1.85. The van der Waals surface area contributed by atoms with Gasteiger partial charge in [0.25, 0.3) is 0 Å². The molecule has 0 unspecified atom stereocenters. The summed E-state index contributed by atoms with van der Waals surface area (Å²) >= 11 is 1.47. The van der Waals surface area contributed by atoms with Crippen molar-refractivity contribution in [2.45, 2.75) is 12.8 Å². The van der Waals surface area contributed by atoms with Gasteiger partial charge in [-0.2, -0.15) is 0 Å². The van der Waals surface area contributed by atoms with Crippen molar-refractivity contribution in [2.75, 3.05) is 5.73 Å². The first-order valence-corrected chi connectivity index (χ1v) is 4.06. The first-order valence-electron chi connectivity index (χ1n) is 3.18. The van der Waals surface area contributed by atoms with Crippen molar-refractivity contribution >= 4 is 22.8 Å². The minimum absolute atomic E-state index is 0.261. The molecule has 2 rings (SSSR count). The van der Waals surface area contributed by atoms with E-state index in [0.29, 0.717) is 6.42 Å². The molecule has 0 radical (unpaired) electrons. The van der Waals surface area contributed by atoms with Gasteiger partial charge in [-0.15, -0.1) is 11.3 Å². The summed E-state index contributed by atoms with van der Waals surface area (Å²) < 4.78 is 0. The van der Waals surface area contributed by atoms with Gasteiger partial charge in [-0.05, 0) is 12.0 Å². The number of hydrogen-bond donors (Lipinski definition) is 1. The number of nitrogen functional groups attached to an aromatic ring is 1. The van der Waals surface area contributed by atoms with Crippen LogP contribution in [0.1, 0.15) is 21.7 Å². The fourth-order valence-electron chi connectivity index (χ4n) is 1.24. The molecule has 2 nitrogen and oxygen atoms in total. The van der Waals surface area contributed by atoms with E-state index in [1.807, 2.05) is 5.38 Å². The number of nitrogens with two attached hydrogens (primary N) is 1. The topological polar surface area (TPSA) is 43.1 Å². The number of thiophene rings is 1. The van der Waals surface area contributed by atoms with Gasteiger partial charge in [0.15, 0.2) is 5.78 Å². The molecular weight excluding hydrogens is 146 g/mol. The molecule has 0 atom stereocenters. The highest BCUT2D eigenvalue weighted by atomic mass is 32.1. The zero-order valence-corrected chi connectivity index (χ0v) is 6.20. The van der Waals surface area contributed by atoms with E-state index in [1.165, 1.54) is 11.3 Å². The number of rotatable bonds is 0. The van der Waals surface area contributed by atoms with Crippen molar-refractivity contribution in [3.05, 3.63) is 15.8 Å². The van der Waals surface area contributed by atoms with E-state index in [4.69, 9.17) is 5.73 Å². The molecule has 0 saturated carbocycles. The van der Waals surface area contributed by atoms with Crippen LogP contribution >= 0.6 is 11.3 Å². The Balaban J connectivity index is 2.63. The second-order valence-corrected chi connectivity index (χ2v) is 3.30. The lowest BCUT2D eigenvalue weighted by Crippen LogP contribution is -1.85. The lowest BCUT2D eigenvalue weighted by atomic mass is 10.2. The molecule has 3 heteroatoms. The molecule has 2 N–H and O–H groups in total. The molecule has 1 heterocycles. The van der Waals surface area contributed by atoms with E-state index < -0.39 is 0 Å². The third-order valence-electron chi connectivity index (χ3n) is 1.78. The molecule has 0 fully saturated rings. The van der Waals surface area contributed by atoms with Crippen LogP contribution in [0.15, 0.2) is 5.38 Å². The van der Waals surface area contributed by atoms with Crippen molar-refractivity contribution < 1.29 is 4.79 Å². The van der Waals surface area contributed by atoms with Gasteiger partial charge in [0.1, 0.15) is 0 Å². The van der Waals surface area contributed by atoms with E-state index in [-0.39, 0.29) is 5.78 Å². The van der Waals surface area contributed by atoms with E-state index in [9.17, 15) is 4.79 Å². The van der Waals surface area contributed by atoms with Gasteiger partial charge in [0.2, 0.25) is 0 Å². The van der Waals surface area contributed by atoms with Gasteiger partial charge in [0.05, 0.1) is 4.88 Å². The molecular formula is C7H7NOS. The maximum Gasteiger partial charge on any atom is 0.173 e. The van der Waals surface area contributed by atoms with Gasteiger partial charge < -0.3 is 5.73 Å². The predicted molar refractivity (Wildman–Crippen MR) is 41.4 cm³/mol. The number of carbonyl (C=O) groups is 1. The second kappa shape index (κ2) is 1.83. The Morgan fingerprint density at radius 2 is 2.30 bits per heavy atom. The van der Waals surface area contributed by atoms with Crippen LogP contribution in [-0.4, -0.2) is 5.78 Å². The van der Waals surface area contributed by atoms with E-state index in [2.05, 4.69) is 0 Å². The standard InChI is InChI=1S/C7H7NOS/c8-5-3-10-7-4(5)1-2-6(7)9/h3H,1-2,8H2. The van der Waals surface area contributed by atoms with Crippen LogP contribution in [0, 0.1) is 0 Å². The number of anilines is 1. The Kier molecular flexibility index (Phi) is 1.08. The monoisotopic (exact) mass is 153 g/mol. The third-order valence-corrected chi connectivity index (χ3v) is 2.86. The molecule has 1 aliphatic rings. The highest BCUT2D eigenvalue weighted by Crippen LogP contribution is 2.32. The van der Waals surface area contributed by atoms with Crippen molar-refractivity contribution in [2.24, 2.45) is 0 Å². The van der Waals surface area contributed by atoms with Gasteiger partial charge in [-0.1, -0.05) is 0 Å². The minimum atomic E-state index is 0.261. The Bertz CT molecular complexity index is 290. The number of hydrogen-bond acceptors (Lipinski definition) is 3. The molecule has 0 amide bonds. The average Bonchev–Trinajstić information content (AvgIpc) is 2.41. The molecule has 10 heavy (non-hydrogen) atoms. The fourth-order valence-corrected chi connectivity index (χ4v) is 2.22. The summed E-state index contributed by atoms with van der Waals surface area (Å²) in [6.45, 7) is 0. The summed E-state index contributed by atoms with van der Waals surface area (Å²) in [5.41, 5.74) is 7.49. The Morgan fingerprint density at radius 3 is 3.00 bits per heavy atom.